The molecular weight excluding hydrogens is 324 g/mol. The topological polar surface area (TPSA) is 99.8 Å². The van der Waals surface area contributed by atoms with Crippen LogP contribution in [0.1, 0.15) is 12.7 Å². The van der Waals surface area contributed by atoms with Crippen molar-refractivity contribution in [2.75, 3.05) is 5.84 Å². The van der Waals surface area contributed by atoms with Crippen molar-refractivity contribution in [2.24, 2.45) is 0 Å². The van der Waals surface area contributed by atoms with Crippen molar-refractivity contribution in [2.45, 2.75) is 23.5 Å². The number of nitrogen functional groups attached to an aromatic ring is 1. The molecule has 4 rings (SSSR count). The van der Waals surface area contributed by atoms with Gasteiger partial charge in [-0.3, -0.25) is 0 Å². The molecule has 3 aromatic heterocycles. The molecule has 120 valence electrons. The Kier molecular flexibility index (Phi) is 3.62. The SMILES string of the molecule is CCc1nnc(Sc2ccc3nnc(-c4ccccc4)n3n2)n1N. The van der Waals surface area contributed by atoms with Crippen LogP contribution in [-0.4, -0.2) is 34.7 Å². The first-order valence-corrected chi connectivity index (χ1v) is 8.23. The fourth-order valence-electron chi connectivity index (χ4n) is 2.31. The molecule has 1 aromatic carbocycles. The minimum absolute atomic E-state index is 0.591. The fraction of sp³-hybridized carbons (Fsp3) is 0.133. The van der Waals surface area contributed by atoms with Crippen LogP contribution in [0.5, 0.6) is 0 Å². The van der Waals surface area contributed by atoms with Crippen LogP contribution in [-0.2, 0) is 6.42 Å². The monoisotopic (exact) mass is 338 g/mol. The summed E-state index contributed by atoms with van der Waals surface area (Å²) in [6.07, 6.45) is 0.722. The van der Waals surface area contributed by atoms with Crippen molar-refractivity contribution in [3.63, 3.8) is 0 Å². The number of fused-ring (bicyclic) bond motifs is 1. The van der Waals surface area contributed by atoms with E-state index in [9.17, 15) is 0 Å². The Bertz CT molecular complexity index is 991. The minimum atomic E-state index is 0.591. The lowest BCUT2D eigenvalue weighted by atomic mass is 10.2. The van der Waals surface area contributed by atoms with Crippen LogP contribution in [0, 0.1) is 0 Å². The summed E-state index contributed by atoms with van der Waals surface area (Å²) in [5, 5.41) is 22.5. The highest BCUT2D eigenvalue weighted by molar-refractivity contribution is 7.99. The lowest BCUT2D eigenvalue weighted by molar-refractivity contribution is 0.790. The van der Waals surface area contributed by atoms with E-state index in [0.29, 0.717) is 16.6 Å². The van der Waals surface area contributed by atoms with Gasteiger partial charge in [0.1, 0.15) is 5.03 Å². The van der Waals surface area contributed by atoms with E-state index in [0.717, 1.165) is 22.8 Å². The molecule has 0 aliphatic rings. The molecule has 2 N–H and O–H groups in total. The minimum Gasteiger partial charge on any atom is -0.336 e. The predicted molar refractivity (Wildman–Crippen MR) is 89.9 cm³/mol. The third-order valence-corrected chi connectivity index (χ3v) is 4.41. The average Bonchev–Trinajstić information content (AvgIpc) is 3.19. The van der Waals surface area contributed by atoms with Crippen LogP contribution < -0.4 is 5.84 Å². The lowest BCUT2D eigenvalue weighted by Gasteiger charge is -2.03. The molecule has 0 amide bonds. The normalized spacial score (nSPS) is 11.2. The summed E-state index contributed by atoms with van der Waals surface area (Å²) in [7, 11) is 0. The summed E-state index contributed by atoms with van der Waals surface area (Å²) in [5.74, 6) is 7.41. The van der Waals surface area contributed by atoms with Crippen LogP contribution >= 0.6 is 11.8 Å². The van der Waals surface area contributed by atoms with Crippen molar-refractivity contribution in [3.8, 4) is 11.4 Å². The zero-order valence-electron chi connectivity index (χ0n) is 12.9. The molecule has 0 radical (unpaired) electrons. The Morgan fingerprint density at radius 1 is 1.00 bits per heavy atom. The number of nitrogens with zero attached hydrogens (tertiary/aromatic N) is 7. The Labute approximate surface area is 141 Å². The van der Waals surface area contributed by atoms with E-state index in [4.69, 9.17) is 5.84 Å². The number of benzene rings is 1. The van der Waals surface area contributed by atoms with Crippen LogP contribution in [0.2, 0.25) is 0 Å². The van der Waals surface area contributed by atoms with E-state index in [1.165, 1.54) is 16.4 Å². The van der Waals surface area contributed by atoms with E-state index in [-0.39, 0.29) is 0 Å². The van der Waals surface area contributed by atoms with E-state index in [1.807, 2.05) is 49.4 Å². The first kappa shape index (κ1) is 14.6. The maximum absolute atomic E-state index is 5.99. The van der Waals surface area contributed by atoms with Gasteiger partial charge in [-0.1, -0.05) is 37.3 Å². The van der Waals surface area contributed by atoms with E-state index >= 15 is 0 Å². The third-order valence-electron chi connectivity index (χ3n) is 3.52. The van der Waals surface area contributed by atoms with E-state index < -0.39 is 0 Å². The van der Waals surface area contributed by atoms with Crippen LogP contribution in [0.4, 0.5) is 0 Å². The first-order valence-electron chi connectivity index (χ1n) is 7.41. The predicted octanol–water partition coefficient (Wildman–Crippen LogP) is 1.81. The molecular formula is C15H14N8S. The van der Waals surface area contributed by atoms with Gasteiger partial charge in [-0.25, -0.2) is 4.68 Å². The van der Waals surface area contributed by atoms with Crippen molar-refractivity contribution in [3.05, 3.63) is 48.3 Å². The summed E-state index contributed by atoms with van der Waals surface area (Å²) in [6.45, 7) is 1.98. The highest BCUT2D eigenvalue weighted by Gasteiger charge is 2.13. The quantitative estimate of drug-likeness (QED) is 0.566. The third kappa shape index (κ3) is 2.48. The molecule has 8 nitrogen and oxygen atoms in total. The van der Waals surface area contributed by atoms with Gasteiger partial charge in [0.05, 0.1) is 0 Å². The van der Waals surface area contributed by atoms with Crippen LogP contribution in [0.15, 0.2) is 52.6 Å². The van der Waals surface area contributed by atoms with E-state index in [2.05, 4.69) is 25.5 Å². The average molecular weight is 338 g/mol. The summed E-state index contributed by atoms with van der Waals surface area (Å²) < 4.78 is 3.20. The van der Waals surface area contributed by atoms with Crippen LogP contribution in [0.25, 0.3) is 17.0 Å². The molecule has 24 heavy (non-hydrogen) atoms. The van der Waals surface area contributed by atoms with Crippen LogP contribution in [0.3, 0.4) is 0 Å². The number of nitrogens with two attached hydrogens (primary N) is 1. The first-order chi connectivity index (χ1) is 11.8. The van der Waals surface area contributed by atoms with E-state index in [1.54, 1.807) is 4.52 Å². The number of rotatable bonds is 4. The van der Waals surface area contributed by atoms with Gasteiger partial charge in [-0.2, -0.15) is 9.61 Å². The number of aromatic nitrogens is 7. The highest BCUT2D eigenvalue weighted by atomic mass is 32.2. The number of hydrogen-bond acceptors (Lipinski definition) is 7. The maximum Gasteiger partial charge on any atom is 0.216 e. The standard InChI is InChI=1S/C15H14N8S/c1-2-11-17-20-15(22(11)16)24-13-9-8-12-18-19-14(23(12)21-13)10-6-4-3-5-7-10/h3-9H,2,16H2,1H3. The summed E-state index contributed by atoms with van der Waals surface area (Å²) in [4.78, 5) is 0. The van der Waals surface area contributed by atoms with Gasteiger partial charge in [-0.15, -0.1) is 20.4 Å². The summed E-state index contributed by atoms with van der Waals surface area (Å²) in [5.41, 5.74) is 1.64. The fourth-order valence-corrected chi connectivity index (χ4v) is 3.04. The second-order valence-electron chi connectivity index (χ2n) is 5.06. The van der Waals surface area contributed by atoms with Crippen molar-refractivity contribution < 1.29 is 0 Å². The van der Waals surface area contributed by atoms with Gasteiger partial charge < -0.3 is 5.84 Å². The number of hydrogen-bond donors (Lipinski definition) is 1. The molecule has 0 atom stereocenters. The molecule has 0 bridgehead atoms. The summed E-state index contributed by atoms with van der Waals surface area (Å²) >= 11 is 1.35. The second-order valence-corrected chi connectivity index (χ2v) is 6.04. The highest BCUT2D eigenvalue weighted by Crippen LogP contribution is 2.25. The molecule has 0 aliphatic heterocycles. The van der Waals surface area contributed by atoms with Gasteiger partial charge in [0.25, 0.3) is 0 Å². The van der Waals surface area contributed by atoms with Gasteiger partial charge in [0.2, 0.25) is 5.16 Å². The largest absolute Gasteiger partial charge is 0.336 e. The molecule has 0 unspecified atom stereocenters. The Morgan fingerprint density at radius 2 is 1.83 bits per heavy atom. The molecule has 0 aliphatic carbocycles. The molecule has 0 saturated carbocycles. The molecule has 4 aromatic rings. The molecule has 9 heteroatoms. The van der Waals surface area contributed by atoms with Gasteiger partial charge in [-0.05, 0) is 23.9 Å². The Hall–Kier alpha value is -2.94. The zero-order valence-corrected chi connectivity index (χ0v) is 13.7. The van der Waals surface area contributed by atoms with Crippen molar-refractivity contribution in [1.29, 1.82) is 0 Å². The smallest absolute Gasteiger partial charge is 0.216 e. The molecule has 0 spiro atoms. The molecule has 0 saturated heterocycles. The zero-order chi connectivity index (χ0) is 16.5. The van der Waals surface area contributed by atoms with Crippen molar-refractivity contribution in [1.82, 2.24) is 34.7 Å². The van der Waals surface area contributed by atoms with Gasteiger partial charge >= 0.3 is 0 Å². The molecule has 3 heterocycles. The molecule has 0 fully saturated rings. The van der Waals surface area contributed by atoms with Gasteiger partial charge in [0, 0.05) is 12.0 Å². The van der Waals surface area contributed by atoms with Gasteiger partial charge in [0.15, 0.2) is 17.3 Å². The lowest BCUT2D eigenvalue weighted by Crippen LogP contribution is -2.13. The summed E-state index contributed by atoms with van der Waals surface area (Å²) in [6, 6.07) is 13.6. The number of aryl methyl sites for hydroxylation is 1. The Balaban J connectivity index is 1.73. The maximum atomic E-state index is 5.99. The second kappa shape index (κ2) is 5.93. The van der Waals surface area contributed by atoms with Crippen molar-refractivity contribution >= 4 is 17.4 Å². The Morgan fingerprint density at radius 3 is 2.58 bits per heavy atom.